The number of benzene rings is 2. The third kappa shape index (κ3) is 4.31. The van der Waals surface area contributed by atoms with Crippen LogP contribution in [0, 0.1) is 5.82 Å². The molecule has 0 unspecified atom stereocenters. The molecule has 6 heteroatoms. The Morgan fingerprint density at radius 1 is 1.25 bits per heavy atom. The third-order valence-corrected chi connectivity index (χ3v) is 5.50. The highest BCUT2D eigenvalue weighted by Crippen LogP contribution is 2.43. The van der Waals surface area contributed by atoms with Gasteiger partial charge in [-0.3, -0.25) is 4.79 Å². The van der Waals surface area contributed by atoms with Gasteiger partial charge in [0.15, 0.2) is 0 Å². The number of halogens is 2. The van der Waals surface area contributed by atoms with Gasteiger partial charge in [0.25, 0.3) is 0 Å². The van der Waals surface area contributed by atoms with Crippen molar-refractivity contribution in [3.05, 3.63) is 58.9 Å². The van der Waals surface area contributed by atoms with Gasteiger partial charge in [-0.1, -0.05) is 42.6 Å². The molecule has 150 valence electrons. The average Bonchev–Trinajstić information content (AvgIpc) is 3.15. The number of carbonyl (C=O) groups is 1. The van der Waals surface area contributed by atoms with Crippen LogP contribution in [0.4, 0.5) is 10.1 Å². The molecular formula is C22H25ClFNO3. The molecule has 4 nitrogen and oxygen atoms in total. The van der Waals surface area contributed by atoms with E-state index in [4.69, 9.17) is 21.1 Å². The van der Waals surface area contributed by atoms with E-state index in [0.717, 1.165) is 12.8 Å². The summed E-state index contributed by atoms with van der Waals surface area (Å²) in [4.78, 5) is 13.2. The predicted octanol–water partition coefficient (Wildman–Crippen LogP) is 5.34. The second-order valence-corrected chi connectivity index (χ2v) is 7.66. The third-order valence-electron chi connectivity index (χ3n) is 5.20. The molecule has 28 heavy (non-hydrogen) atoms. The molecule has 0 aliphatic heterocycles. The van der Waals surface area contributed by atoms with Crippen molar-refractivity contribution in [1.29, 1.82) is 0 Å². The molecule has 3 rings (SSSR count). The van der Waals surface area contributed by atoms with E-state index >= 15 is 0 Å². The Morgan fingerprint density at radius 2 is 1.96 bits per heavy atom. The molecule has 1 aliphatic carbocycles. The topological polar surface area (TPSA) is 47.6 Å². The summed E-state index contributed by atoms with van der Waals surface area (Å²) in [6.45, 7) is 2.33. The van der Waals surface area contributed by atoms with Crippen LogP contribution in [0.15, 0.2) is 42.5 Å². The predicted molar refractivity (Wildman–Crippen MR) is 109 cm³/mol. The molecule has 1 N–H and O–H groups in total. The molecule has 1 aliphatic rings. The Bertz CT molecular complexity index is 836. The van der Waals surface area contributed by atoms with Crippen molar-refractivity contribution in [2.75, 3.05) is 19.0 Å². The van der Waals surface area contributed by atoms with Gasteiger partial charge in [-0.25, -0.2) is 4.39 Å². The number of hydrogen-bond acceptors (Lipinski definition) is 3. The summed E-state index contributed by atoms with van der Waals surface area (Å²) < 4.78 is 25.2. The lowest BCUT2D eigenvalue weighted by molar-refractivity contribution is -0.121. The first-order chi connectivity index (χ1) is 13.5. The molecule has 2 aromatic carbocycles. The van der Waals surface area contributed by atoms with Crippen molar-refractivity contribution < 1.29 is 18.7 Å². The maximum absolute atomic E-state index is 14.5. The minimum Gasteiger partial charge on any atom is -0.487 e. The van der Waals surface area contributed by atoms with E-state index in [0.29, 0.717) is 41.5 Å². The highest BCUT2D eigenvalue weighted by Gasteiger charge is 2.44. The molecule has 0 heterocycles. The first-order valence-electron chi connectivity index (χ1n) is 9.48. The Labute approximate surface area is 170 Å². The lowest BCUT2D eigenvalue weighted by Gasteiger charge is -2.28. The average molecular weight is 406 g/mol. The summed E-state index contributed by atoms with van der Waals surface area (Å²) in [5.41, 5.74) is 0.175. The maximum Gasteiger partial charge on any atom is 0.235 e. The van der Waals surface area contributed by atoms with Crippen molar-refractivity contribution in [2.45, 2.75) is 44.1 Å². The van der Waals surface area contributed by atoms with Gasteiger partial charge in [0.2, 0.25) is 5.91 Å². The van der Waals surface area contributed by atoms with E-state index in [1.54, 1.807) is 43.5 Å². The standard InChI is InChI=1S/C22H25ClFNO3/c1-15(14-27-2)28-20-10-9-16(13-18(20)23)25-21(26)22(11-5-6-12-22)17-7-3-4-8-19(17)24/h3-4,7-10,13,15H,5-6,11-12,14H2,1-2H3,(H,25,26)/t15-/m1/s1. The van der Waals surface area contributed by atoms with Crippen molar-refractivity contribution in [3.8, 4) is 5.75 Å². The van der Waals surface area contributed by atoms with E-state index in [2.05, 4.69) is 5.32 Å². The van der Waals surface area contributed by atoms with Crippen LogP contribution in [0.2, 0.25) is 5.02 Å². The Morgan fingerprint density at radius 3 is 2.61 bits per heavy atom. The molecule has 1 saturated carbocycles. The Hall–Kier alpha value is -2.11. The zero-order chi connectivity index (χ0) is 20.1. The fourth-order valence-electron chi connectivity index (χ4n) is 3.86. The second kappa shape index (κ2) is 8.93. The minimum atomic E-state index is -0.847. The van der Waals surface area contributed by atoms with Gasteiger partial charge in [-0.15, -0.1) is 0 Å². The van der Waals surface area contributed by atoms with Crippen LogP contribution >= 0.6 is 11.6 Å². The van der Waals surface area contributed by atoms with Crippen molar-refractivity contribution in [2.24, 2.45) is 0 Å². The van der Waals surface area contributed by atoms with Crippen LogP contribution < -0.4 is 10.1 Å². The normalized spacial score (nSPS) is 16.6. The fourth-order valence-corrected chi connectivity index (χ4v) is 4.08. The fraction of sp³-hybridized carbons (Fsp3) is 0.409. The molecule has 0 bridgehead atoms. The Balaban J connectivity index is 1.80. The largest absolute Gasteiger partial charge is 0.487 e. The van der Waals surface area contributed by atoms with Gasteiger partial charge in [0.05, 0.1) is 17.0 Å². The summed E-state index contributed by atoms with van der Waals surface area (Å²) in [6, 6.07) is 11.6. The molecule has 0 saturated heterocycles. The number of carbonyl (C=O) groups excluding carboxylic acids is 1. The number of amides is 1. The number of rotatable bonds is 7. The molecule has 0 spiro atoms. The quantitative estimate of drug-likeness (QED) is 0.676. The molecule has 1 atom stereocenters. The first-order valence-corrected chi connectivity index (χ1v) is 9.85. The van der Waals surface area contributed by atoms with Gasteiger partial charge in [0, 0.05) is 18.4 Å². The van der Waals surface area contributed by atoms with Gasteiger partial charge in [-0.2, -0.15) is 0 Å². The van der Waals surface area contributed by atoms with Crippen molar-refractivity contribution >= 4 is 23.2 Å². The van der Waals surface area contributed by atoms with E-state index in [1.165, 1.54) is 6.07 Å². The first kappa shape index (κ1) is 20.6. The van der Waals surface area contributed by atoms with E-state index in [9.17, 15) is 9.18 Å². The summed E-state index contributed by atoms with van der Waals surface area (Å²) in [5, 5.41) is 3.32. The number of methoxy groups -OCH3 is 1. The van der Waals surface area contributed by atoms with Crippen LogP contribution in [0.5, 0.6) is 5.75 Å². The molecule has 1 fully saturated rings. The summed E-state index contributed by atoms with van der Waals surface area (Å²) in [5.74, 6) is -0.0186. The van der Waals surface area contributed by atoms with Crippen LogP contribution in [0.1, 0.15) is 38.2 Å². The van der Waals surface area contributed by atoms with Crippen LogP contribution in [0.3, 0.4) is 0 Å². The monoisotopic (exact) mass is 405 g/mol. The Kier molecular flexibility index (Phi) is 6.57. The summed E-state index contributed by atoms with van der Waals surface area (Å²) in [7, 11) is 1.61. The van der Waals surface area contributed by atoms with E-state index in [-0.39, 0.29) is 17.8 Å². The maximum atomic E-state index is 14.5. The zero-order valence-corrected chi connectivity index (χ0v) is 16.9. The van der Waals surface area contributed by atoms with E-state index in [1.807, 2.05) is 6.92 Å². The number of nitrogens with one attached hydrogen (secondary N) is 1. The number of anilines is 1. The highest BCUT2D eigenvalue weighted by molar-refractivity contribution is 6.32. The summed E-state index contributed by atoms with van der Waals surface area (Å²) >= 11 is 6.32. The second-order valence-electron chi connectivity index (χ2n) is 7.25. The molecule has 1 amide bonds. The summed E-state index contributed by atoms with van der Waals surface area (Å²) in [6.07, 6.45) is 2.90. The van der Waals surface area contributed by atoms with Crippen molar-refractivity contribution in [3.63, 3.8) is 0 Å². The highest BCUT2D eigenvalue weighted by atomic mass is 35.5. The molecule has 0 radical (unpaired) electrons. The van der Waals surface area contributed by atoms with E-state index < -0.39 is 5.41 Å². The SMILES string of the molecule is COC[C@@H](C)Oc1ccc(NC(=O)C2(c3ccccc3F)CCCC2)cc1Cl. The lowest BCUT2D eigenvalue weighted by Crippen LogP contribution is -2.38. The van der Waals surface area contributed by atoms with Gasteiger partial charge < -0.3 is 14.8 Å². The van der Waals surface area contributed by atoms with Crippen molar-refractivity contribution in [1.82, 2.24) is 0 Å². The lowest BCUT2D eigenvalue weighted by atomic mass is 9.77. The minimum absolute atomic E-state index is 0.147. The van der Waals surface area contributed by atoms with Gasteiger partial charge >= 0.3 is 0 Å². The smallest absolute Gasteiger partial charge is 0.235 e. The molecular weight excluding hydrogens is 381 g/mol. The van der Waals surface area contributed by atoms with Crippen LogP contribution in [-0.2, 0) is 14.9 Å². The van der Waals surface area contributed by atoms with Crippen LogP contribution in [0.25, 0.3) is 0 Å². The van der Waals surface area contributed by atoms with Crippen LogP contribution in [-0.4, -0.2) is 25.7 Å². The molecule has 2 aromatic rings. The van der Waals surface area contributed by atoms with Gasteiger partial charge in [0.1, 0.15) is 17.7 Å². The number of hydrogen-bond donors (Lipinski definition) is 1. The number of ether oxygens (including phenoxy) is 2. The zero-order valence-electron chi connectivity index (χ0n) is 16.1. The molecule has 0 aromatic heterocycles. The van der Waals surface area contributed by atoms with Gasteiger partial charge in [-0.05, 0) is 44.0 Å².